The minimum Gasteiger partial charge on any atom is -0.486 e. The van der Waals surface area contributed by atoms with Crippen molar-refractivity contribution < 1.29 is 9.47 Å². The van der Waals surface area contributed by atoms with Crippen LogP contribution in [0.3, 0.4) is 0 Å². The molecule has 2 aromatic carbocycles. The number of ether oxygens (including phenoxy) is 2. The summed E-state index contributed by atoms with van der Waals surface area (Å²) in [5.41, 5.74) is 8.87. The molecule has 0 saturated carbocycles. The molecule has 0 unspecified atom stereocenters. The number of nitrogen functional groups attached to an aromatic ring is 1. The zero-order valence-corrected chi connectivity index (χ0v) is 13.2. The molecule has 1 aliphatic heterocycles. The number of benzene rings is 2. The van der Waals surface area contributed by atoms with E-state index in [-0.39, 0.29) is 0 Å². The van der Waals surface area contributed by atoms with Crippen molar-refractivity contribution in [3.63, 3.8) is 0 Å². The van der Waals surface area contributed by atoms with E-state index in [2.05, 4.69) is 27.3 Å². The van der Waals surface area contributed by atoms with E-state index >= 15 is 0 Å². The lowest BCUT2D eigenvalue weighted by atomic mass is 10.1. The Labute approximate surface area is 132 Å². The van der Waals surface area contributed by atoms with Gasteiger partial charge < -0.3 is 20.5 Å². The summed E-state index contributed by atoms with van der Waals surface area (Å²) in [7, 11) is 0. The topological polar surface area (TPSA) is 56.5 Å². The largest absolute Gasteiger partial charge is 0.486 e. The first kappa shape index (κ1) is 14.1. The first-order chi connectivity index (χ1) is 10.2. The summed E-state index contributed by atoms with van der Waals surface area (Å²) in [5.74, 6) is 1.66. The summed E-state index contributed by atoms with van der Waals surface area (Å²) in [4.78, 5) is 0. The van der Waals surface area contributed by atoms with Gasteiger partial charge in [-0.3, -0.25) is 0 Å². The van der Waals surface area contributed by atoms with Gasteiger partial charge in [0.25, 0.3) is 0 Å². The third-order valence-electron chi connectivity index (χ3n) is 3.35. The molecule has 4 nitrogen and oxygen atoms in total. The van der Waals surface area contributed by atoms with Gasteiger partial charge in [-0.25, -0.2) is 0 Å². The first-order valence-electron chi connectivity index (χ1n) is 6.90. The SMILES string of the molecule is Nc1cc(Br)ccc1NCCc1ccc2c(c1)OCCO2. The number of nitrogens with two attached hydrogens (primary N) is 1. The molecular formula is C16H17BrN2O2. The van der Waals surface area contributed by atoms with Crippen LogP contribution in [0.4, 0.5) is 11.4 Å². The summed E-state index contributed by atoms with van der Waals surface area (Å²) in [5, 5.41) is 3.35. The average Bonchev–Trinajstić information content (AvgIpc) is 2.49. The predicted molar refractivity (Wildman–Crippen MR) is 88.2 cm³/mol. The number of halogens is 1. The Hall–Kier alpha value is -1.88. The first-order valence-corrected chi connectivity index (χ1v) is 7.69. The molecule has 0 bridgehead atoms. The Kier molecular flexibility index (Phi) is 4.20. The lowest BCUT2D eigenvalue weighted by Gasteiger charge is -2.19. The maximum Gasteiger partial charge on any atom is 0.161 e. The normalized spacial score (nSPS) is 13.0. The second-order valence-corrected chi connectivity index (χ2v) is 5.80. The third-order valence-corrected chi connectivity index (χ3v) is 3.84. The van der Waals surface area contributed by atoms with Crippen LogP contribution >= 0.6 is 15.9 Å². The molecule has 1 heterocycles. The molecule has 0 saturated heterocycles. The highest BCUT2D eigenvalue weighted by Crippen LogP contribution is 2.31. The molecule has 0 fully saturated rings. The molecular weight excluding hydrogens is 332 g/mol. The summed E-state index contributed by atoms with van der Waals surface area (Å²) in [6, 6.07) is 11.9. The fraction of sp³-hybridized carbons (Fsp3) is 0.250. The van der Waals surface area contributed by atoms with Gasteiger partial charge in [0.2, 0.25) is 0 Å². The molecule has 3 rings (SSSR count). The van der Waals surface area contributed by atoms with Crippen LogP contribution in [0.2, 0.25) is 0 Å². The van der Waals surface area contributed by atoms with E-state index in [1.165, 1.54) is 5.56 Å². The summed E-state index contributed by atoms with van der Waals surface area (Å²) >= 11 is 3.40. The summed E-state index contributed by atoms with van der Waals surface area (Å²) in [6.45, 7) is 2.05. The summed E-state index contributed by atoms with van der Waals surface area (Å²) < 4.78 is 12.1. The van der Waals surface area contributed by atoms with Crippen molar-refractivity contribution >= 4 is 27.3 Å². The predicted octanol–water partition coefficient (Wildman–Crippen LogP) is 3.46. The molecule has 21 heavy (non-hydrogen) atoms. The second-order valence-electron chi connectivity index (χ2n) is 4.89. The zero-order chi connectivity index (χ0) is 14.7. The van der Waals surface area contributed by atoms with Crippen molar-refractivity contribution in [3.05, 3.63) is 46.4 Å². The number of hydrogen-bond donors (Lipinski definition) is 2. The minimum absolute atomic E-state index is 0.615. The molecule has 0 radical (unpaired) electrons. The number of anilines is 2. The number of rotatable bonds is 4. The van der Waals surface area contributed by atoms with Crippen LogP contribution in [0.15, 0.2) is 40.9 Å². The van der Waals surface area contributed by atoms with Gasteiger partial charge in [-0.2, -0.15) is 0 Å². The minimum atomic E-state index is 0.615. The molecule has 0 amide bonds. The summed E-state index contributed by atoms with van der Waals surface area (Å²) in [6.07, 6.45) is 0.895. The highest BCUT2D eigenvalue weighted by Gasteiger charge is 2.11. The molecule has 2 aromatic rings. The highest BCUT2D eigenvalue weighted by molar-refractivity contribution is 9.10. The fourth-order valence-electron chi connectivity index (χ4n) is 2.28. The smallest absolute Gasteiger partial charge is 0.161 e. The van der Waals surface area contributed by atoms with Gasteiger partial charge in [0.1, 0.15) is 13.2 Å². The van der Waals surface area contributed by atoms with E-state index in [0.29, 0.717) is 13.2 Å². The van der Waals surface area contributed by atoms with E-state index < -0.39 is 0 Å². The van der Waals surface area contributed by atoms with Crippen LogP contribution in [0.25, 0.3) is 0 Å². The van der Waals surface area contributed by atoms with Crippen LogP contribution in [0.1, 0.15) is 5.56 Å². The molecule has 0 aliphatic carbocycles. The van der Waals surface area contributed by atoms with Gasteiger partial charge in [0, 0.05) is 11.0 Å². The van der Waals surface area contributed by atoms with Crippen molar-refractivity contribution in [3.8, 4) is 11.5 Å². The number of hydrogen-bond acceptors (Lipinski definition) is 4. The maximum atomic E-state index is 5.96. The zero-order valence-electron chi connectivity index (χ0n) is 11.6. The van der Waals surface area contributed by atoms with Gasteiger partial charge in [-0.15, -0.1) is 0 Å². The van der Waals surface area contributed by atoms with E-state index in [4.69, 9.17) is 15.2 Å². The average molecular weight is 349 g/mol. The monoisotopic (exact) mass is 348 g/mol. The quantitative estimate of drug-likeness (QED) is 0.830. The van der Waals surface area contributed by atoms with Gasteiger partial charge in [0.15, 0.2) is 11.5 Å². The molecule has 0 atom stereocenters. The van der Waals surface area contributed by atoms with Gasteiger partial charge in [-0.05, 0) is 42.3 Å². The Morgan fingerprint density at radius 2 is 1.86 bits per heavy atom. The lowest BCUT2D eigenvalue weighted by molar-refractivity contribution is 0.171. The molecule has 0 aromatic heterocycles. The molecule has 110 valence electrons. The Morgan fingerprint density at radius 3 is 2.67 bits per heavy atom. The van der Waals surface area contributed by atoms with Crippen molar-refractivity contribution in [1.29, 1.82) is 0 Å². The van der Waals surface area contributed by atoms with Crippen molar-refractivity contribution in [2.45, 2.75) is 6.42 Å². The Bertz CT molecular complexity index is 646. The second kappa shape index (κ2) is 6.26. The molecule has 3 N–H and O–H groups in total. The maximum absolute atomic E-state index is 5.96. The van der Waals surface area contributed by atoms with E-state index in [0.717, 1.165) is 40.3 Å². The lowest BCUT2D eigenvalue weighted by Crippen LogP contribution is -2.15. The van der Waals surface area contributed by atoms with Crippen LogP contribution in [-0.2, 0) is 6.42 Å². The standard InChI is InChI=1S/C16H17BrN2O2/c17-12-2-3-14(13(18)10-12)19-6-5-11-1-4-15-16(9-11)21-8-7-20-15/h1-4,9-10,19H,5-8,18H2. The molecule has 5 heteroatoms. The number of fused-ring (bicyclic) bond motifs is 1. The third kappa shape index (κ3) is 3.42. The highest BCUT2D eigenvalue weighted by atomic mass is 79.9. The van der Waals surface area contributed by atoms with Crippen molar-refractivity contribution in [1.82, 2.24) is 0 Å². The fourth-order valence-corrected chi connectivity index (χ4v) is 2.66. The van der Waals surface area contributed by atoms with Gasteiger partial charge in [-0.1, -0.05) is 22.0 Å². The van der Waals surface area contributed by atoms with Crippen LogP contribution in [0.5, 0.6) is 11.5 Å². The van der Waals surface area contributed by atoms with E-state index in [1.807, 2.05) is 30.3 Å². The Balaban J connectivity index is 1.60. The molecule has 0 spiro atoms. The van der Waals surface area contributed by atoms with Crippen LogP contribution in [-0.4, -0.2) is 19.8 Å². The number of nitrogens with one attached hydrogen (secondary N) is 1. The van der Waals surface area contributed by atoms with Gasteiger partial charge >= 0.3 is 0 Å². The molecule has 1 aliphatic rings. The van der Waals surface area contributed by atoms with Crippen molar-refractivity contribution in [2.24, 2.45) is 0 Å². The van der Waals surface area contributed by atoms with E-state index in [1.54, 1.807) is 0 Å². The van der Waals surface area contributed by atoms with Crippen LogP contribution < -0.4 is 20.5 Å². The van der Waals surface area contributed by atoms with Gasteiger partial charge in [0.05, 0.1) is 11.4 Å². The Morgan fingerprint density at radius 1 is 1.05 bits per heavy atom. The van der Waals surface area contributed by atoms with Crippen LogP contribution in [0, 0.1) is 0 Å². The van der Waals surface area contributed by atoms with Crippen molar-refractivity contribution in [2.75, 3.05) is 30.8 Å². The van der Waals surface area contributed by atoms with E-state index in [9.17, 15) is 0 Å².